The molecule has 7 heteroatoms. The molecule has 3 fully saturated rings. The molecule has 0 saturated carbocycles. The Bertz CT molecular complexity index is 378. The molecule has 0 aromatic carbocycles. The number of hydrogen-bond acceptors (Lipinski definition) is 6. The molecule has 3 rings (SSSR count). The first kappa shape index (κ1) is 19.4. The van der Waals surface area contributed by atoms with Crippen molar-refractivity contribution in [1.29, 1.82) is 0 Å². The SMILES string of the molecule is CC(C)(C)OC(=O)NCC1CNCCNCCCN2CCN1CC2. The van der Waals surface area contributed by atoms with Crippen molar-refractivity contribution in [3.63, 3.8) is 0 Å². The van der Waals surface area contributed by atoms with Gasteiger partial charge in [0.25, 0.3) is 0 Å². The van der Waals surface area contributed by atoms with Crippen molar-refractivity contribution in [3.8, 4) is 0 Å². The molecule has 3 heterocycles. The monoisotopic (exact) mass is 341 g/mol. The Balaban J connectivity index is 1.86. The summed E-state index contributed by atoms with van der Waals surface area (Å²) >= 11 is 0. The number of rotatable bonds is 2. The van der Waals surface area contributed by atoms with E-state index >= 15 is 0 Å². The largest absolute Gasteiger partial charge is 0.444 e. The second-order valence-electron chi connectivity index (χ2n) is 7.72. The molecule has 1 amide bonds. The fraction of sp³-hybridized carbons (Fsp3) is 0.941. The zero-order chi connectivity index (χ0) is 17.4. The van der Waals surface area contributed by atoms with E-state index in [1.807, 2.05) is 20.8 Å². The van der Waals surface area contributed by atoms with Crippen molar-refractivity contribution >= 4 is 6.09 Å². The standard InChI is InChI=1S/C17H35N5O2/c1-17(2,3)24-16(23)20-14-15-13-19-7-6-18-5-4-8-21-9-11-22(15)12-10-21/h15,18-19H,4-14H2,1-3H3,(H,20,23). The van der Waals surface area contributed by atoms with E-state index in [0.717, 1.165) is 52.4 Å². The van der Waals surface area contributed by atoms with Crippen LogP contribution in [0, 0.1) is 0 Å². The number of ether oxygens (including phenoxy) is 1. The highest BCUT2D eigenvalue weighted by Gasteiger charge is 2.25. The predicted octanol–water partition coefficient (Wildman–Crippen LogP) is 0.0802. The number of nitrogens with one attached hydrogen (secondary N) is 3. The van der Waals surface area contributed by atoms with E-state index in [1.165, 1.54) is 13.0 Å². The maximum atomic E-state index is 11.9. The summed E-state index contributed by atoms with van der Waals surface area (Å²) in [5.74, 6) is 0. The fourth-order valence-electron chi connectivity index (χ4n) is 3.20. The van der Waals surface area contributed by atoms with E-state index in [9.17, 15) is 4.79 Å². The summed E-state index contributed by atoms with van der Waals surface area (Å²) in [7, 11) is 0. The summed E-state index contributed by atoms with van der Waals surface area (Å²) in [5, 5.41) is 9.94. The van der Waals surface area contributed by atoms with E-state index in [2.05, 4.69) is 25.8 Å². The van der Waals surface area contributed by atoms with Gasteiger partial charge in [-0.15, -0.1) is 0 Å². The van der Waals surface area contributed by atoms with Crippen LogP contribution in [0.1, 0.15) is 27.2 Å². The third-order valence-corrected chi connectivity index (χ3v) is 4.49. The summed E-state index contributed by atoms with van der Waals surface area (Å²) in [4.78, 5) is 17.0. The van der Waals surface area contributed by atoms with Gasteiger partial charge in [0.15, 0.2) is 0 Å². The van der Waals surface area contributed by atoms with Crippen LogP contribution in [0.15, 0.2) is 0 Å². The van der Waals surface area contributed by atoms with Gasteiger partial charge in [-0.2, -0.15) is 0 Å². The quantitative estimate of drug-likeness (QED) is 0.661. The minimum Gasteiger partial charge on any atom is -0.444 e. The van der Waals surface area contributed by atoms with Gasteiger partial charge < -0.3 is 25.6 Å². The third-order valence-electron chi connectivity index (χ3n) is 4.49. The van der Waals surface area contributed by atoms with Crippen LogP contribution in [0.25, 0.3) is 0 Å². The third kappa shape index (κ3) is 7.34. The molecule has 0 aromatic heterocycles. The van der Waals surface area contributed by atoms with Crippen molar-refractivity contribution in [2.24, 2.45) is 0 Å². The maximum Gasteiger partial charge on any atom is 0.407 e. The molecule has 3 N–H and O–H groups in total. The zero-order valence-corrected chi connectivity index (χ0v) is 15.6. The van der Waals surface area contributed by atoms with Crippen molar-refractivity contribution in [3.05, 3.63) is 0 Å². The Morgan fingerprint density at radius 2 is 1.79 bits per heavy atom. The molecular weight excluding hydrogens is 306 g/mol. The lowest BCUT2D eigenvalue weighted by atomic mass is 10.2. The molecule has 0 aliphatic carbocycles. The molecule has 1 atom stereocenters. The molecule has 3 saturated heterocycles. The highest BCUT2D eigenvalue weighted by atomic mass is 16.6. The van der Waals surface area contributed by atoms with Crippen LogP contribution in [0.2, 0.25) is 0 Å². The van der Waals surface area contributed by atoms with Crippen LogP contribution in [-0.2, 0) is 4.74 Å². The molecule has 3 aliphatic heterocycles. The number of carbonyl (C=O) groups excluding carboxylic acids is 1. The Morgan fingerprint density at radius 3 is 2.50 bits per heavy atom. The lowest BCUT2D eigenvalue weighted by molar-refractivity contribution is 0.0484. The van der Waals surface area contributed by atoms with Gasteiger partial charge in [0.2, 0.25) is 0 Å². The van der Waals surface area contributed by atoms with Gasteiger partial charge in [-0.1, -0.05) is 0 Å². The summed E-state index contributed by atoms with van der Waals surface area (Å²) < 4.78 is 5.35. The number of hydrogen-bond donors (Lipinski definition) is 3. The second-order valence-corrected chi connectivity index (χ2v) is 7.72. The number of nitrogens with zero attached hydrogens (tertiary/aromatic N) is 2. The molecule has 0 spiro atoms. The second kappa shape index (κ2) is 9.56. The number of carbonyl (C=O) groups is 1. The average Bonchev–Trinajstić information content (AvgIpc) is 2.54. The van der Waals surface area contributed by atoms with Gasteiger partial charge in [0.1, 0.15) is 5.60 Å². The first-order chi connectivity index (χ1) is 11.4. The maximum absolute atomic E-state index is 11.9. The lowest BCUT2D eigenvalue weighted by Gasteiger charge is -2.39. The van der Waals surface area contributed by atoms with Crippen molar-refractivity contribution in [1.82, 2.24) is 25.8 Å². The molecule has 3 aliphatic rings. The smallest absolute Gasteiger partial charge is 0.407 e. The van der Waals surface area contributed by atoms with Gasteiger partial charge in [-0.3, -0.25) is 4.90 Å². The molecule has 0 aromatic rings. The van der Waals surface area contributed by atoms with Gasteiger partial charge >= 0.3 is 6.09 Å². The van der Waals surface area contributed by atoms with Crippen LogP contribution in [0.3, 0.4) is 0 Å². The Labute approximate surface area is 146 Å². The van der Waals surface area contributed by atoms with E-state index < -0.39 is 5.60 Å². The zero-order valence-electron chi connectivity index (χ0n) is 15.6. The average molecular weight is 342 g/mol. The summed E-state index contributed by atoms with van der Waals surface area (Å²) in [6, 6.07) is 0.306. The molecule has 1 unspecified atom stereocenters. The molecule has 140 valence electrons. The normalized spacial score (nSPS) is 29.9. The van der Waals surface area contributed by atoms with Crippen LogP contribution >= 0.6 is 0 Å². The Morgan fingerprint density at radius 1 is 1.08 bits per heavy atom. The van der Waals surface area contributed by atoms with Crippen LogP contribution in [-0.4, -0.2) is 93.0 Å². The highest BCUT2D eigenvalue weighted by Crippen LogP contribution is 2.09. The summed E-state index contributed by atoms with van der Waals surface area (Å²) in [6.07, 6.45) is 0.884. The minimum absolute atomic E-state index is 0.306. The fourth-order valence-corrected chi connectivity index (χ4v) is 3.20. The Hall–Kier alpha value is -0.890. The van der Waals surface area contributed by atoms with Crippen molar-refractivity contribution in [2.75, 3.05) is 65.4 Å². The van der Waals surface area contributed by atoms with E-state index in [-0.39, 0.29) is 6.09 Å². The number of amides is 1. The molecule has 2 bridgehead atoms. The number of alkyl carbamates (subject to hydrolysis) is 1. The minimum atomic E-state index is -0.454. The number of piperazine rings is 1. The van der Waals surface area contributed by atoms with Gasteiger partial charge in [-0.25, -0.2) is 4.79 Å². The van der Waals surface area contributed by atoms with E-state index in [4.69, 9.17) is 4.74 Å². The topological polar surface area (TPSA) is 68.9 Å². The van der Waals surface area contributed by atoms with Crippen LogP contribution in [0.4, 0.5) is 4.79 Å². The molecule has 24 heavy (non-hydrogen) atoms. The van der Waals surface area contributed by atoms with Crippen LogP contribution in [0.5, 0.6) is 0 Å². The van der Waals surface area contributed by atoms with Crippen LogP contribution < -0.4 is 16.0 Å². The lowest BCUT2D eigenvalue weighted by Crippen LogP contribution is -2.56. The first-order valence-electron chi connectivity index (χ1n) is 9.29. The van der Waals surface area contributed by atoms with Crippen molar-refractivity contribution in [2.45, 2.75) is 38.8 Å². The highest BCUT2D eigenvalue weighted by molar-refractivity contribution is 5.67. The predicted molar refractivity (Wildman–Crippen MR) is 96.4 cm³/mol. The van der Waals surface area contributed by atoms with E-state index in [1.54, 1.807) is 0 Å². The summed E-state index contributed by atoms with van der Waals surface area (Å²) in [5.41, 5.74) is -0.454. The van der Waals surface area contributed by atoms with Gasteiger partial charge in [-0.05, 0) is 40.3 Å². The number of fused-ring (bicyclic) bond motifs is 10. The van der Waals surface area contributed by atoms with Crippen molar-refractivity contribution < 1.29 is 9.53 Å². The molecule has 0 radical (unpaired) electrons. The van der Waals surface area contributed by atoms with E-state index in [0.29, 0.717) is 12.6 Å². The molecule has 7 nitrogen and oxygen atoms in total. The van der Waals surface area contributed by atoms with Gasteiger partial charge in [0.05, 0.1) is 0 Å². The Kier molecular flexibility index (Phi) is 7.74. The summed E-state index contributed by atoms with van der Waals surface area (Å²) in [6.45, 7) is 15.7. The first-order valence-corrected chi connectivity index (χ1v) is 9.29. The molecular formula is C17H35N5O2. The van der Waals surface area contributed by atoms with Gasteiger partial charge in [0, 0.05) is 58.4 Å².